The third-order valence-corrected chi connectivity index (χ3v) is 2.96. The molecule has 0 amide bonds. The predicted octanol–water partition coefficient (Wildman–Crippen LogP) is 1.81. The summed E-state index contributed by atoms with van der Waals surface area (Å²) in [6, 6.07) is 0. The molecule has 3 heteroatoms. The molecule has 2 rings (SSSR count). The van der Waals surface area contributed by atoms with Crippen LogP contribution in [0.15, 0.2) is 12.4 Å². The van der Waals surface area contributed by atoms with Crippen molar-refractivity contribution in [1.82, 2.24) is 9.55 Å². The minimum absolute atomic E-state index is 0.421. The van der Waals surface area contributed by atoms with Crippen molar-refractivity contribution in [2.24, 2.45) is 5.92 Å². The number of hydrogen-bond acceptors (Lipinski definition) is 2. The van der Waals surface area contributed by atoms with Crippen molar-refractivity contribution in [2.45, 2.75) is 39.2 Å². The molecule has 1 aromatic rings. The summed E-state index contributed by atoms with van der Waals surface area (Å²) in [7, 11) is 0. The van der Waals surface area contributed by atoms with Gasteiger partial charge in [-0.05, 0) is 19.3 Å². The summed E-state index contributed by atoms with van der Waals surface area (Å²) in [6.07, 6.45) is 7.40. The highest BCUT2D eigenvalue weighted by Crippen LogP contribution is 2.25. The van der Waals surface area contributed by atoms with Crippen LogP contribution in [-0.2, 0) is 17.8 Å². The Kier molecular flexibility index (Phi) is 2.66. The van der Waals surface area contributed by atoms with Crippen LogP contribution < -0.4 is 0 Å². The zero-order valence-corrected chi connectivity index (χ0v) is 8.57. The molecule has 0 aromatic carbocycles. The van der Waals surface area contributed by atoms with Crippen molar-refractivity contribution in [1.29, 1.82) is 0 Å². The van der Waals surface area contributed by atoms with E-state index in [0.29, 0.717) is 11.7 Å². The minimum Gasteiger partial charge on any atom is -0.335 e. The summed E-state index contributed by atoms with van der Waals surface area (Å²) in [4.78, 5) is 15.4. The lowest BCUT2D eigenvalue weighted by atomic mass is 10.0. The van der Waals surface area contributed by atoms with Gasteiger partial charge in [0.05, 0.1) is 0 Å². The second-order valence-corrected chi connectivity index (χ2v) is 3.98. The Balaban J connectivity index is 2.00. The number of carbonyl (C=O) groups excluding carboxylic acids is 1. The fourth-order valence-electron chi connectivity index (χ4n) is 2.14. The van der Waals surface area contributed by atoms with E-state index >= 15 is 0 Å². The first-order chi connectivity index (χ1) is 6.79. The summed E-state index contributed by atoms with van der Waals surface area (Å²) in [5.74, 6) is 2.09. The van der Waals surface area contributed by atoms with Crippen LogP contribution in [0.2, 0.25) is 0 Å². The lowest BCUT2D eigenvalue weighted by Crippen LogP contribution is -2.07. The SMILES string of the molecule is CCn1ccnc1CC1CCC(=O)C1. The smallest absolute Gasteiger partial charge is 0.133 e. The fraction of sp³-hybridized carbons (Fsp3) is 0.636. The summed E-state index contributed by atoms with van der Waals surface area (Å²) in [5, 5.41) is 0. The van der Waals surface area contributed by atoms with Crippen molar-refractivity contribution >= 4 is 5.78 Å². The Bertz CT molecular complexity index is 330. The largest absolute Gasteiger partial charge is 0.335 e. The van der Waals surface area contributed by atoms with Crippen LogP contribution in [0.5, 0.6) is 0 Å². The van der Waals surface area contributed by atoms with E-state index in [2.05, 4.69) is 16.5 Å². The van der Waals surface area contributed by atoms with Gasteiger partial charge < -0.3 is 4.57 Å². The summed E-state index contributed by atoms with van der Waals surface area (Å²) in [5.41, 5.74) is 0. The quantitative estimate of drug-likeness (QED) is 0.732. The molecule has 0 saturated heterocycles. The van der Waals surface area contributed by atoms with E-state index in [4.69, 9.17) is 0 Å². The maximum atomic E-state index is 11.1. The number of imidazole rings is 1. The Hall–Kier alpha value is -1.12. The van der Waals surface area contributed by atoms with E-state index in [9.17, 15) is 4.79 Å². The molecule has 0 N–H and O–H groups in total. The van der Waals surface area contributed by atoms with E-state index in [-0.39, 0.29) is 0 Å². The van der Waals surface area contributed by atoms with Gasteiger partial charge in [-0.3, -0.25) is 4.79 Å². The molecule has 1 fully saturated rings. The van der Waals surface area contributed by atoms with Gasteiger partial charge >= 0.3 is 0 Å². The number of aromatic nitrogens is 2. The molecule has 0 aliphatic heterocycles. The maximum absolute atomic E-state index is 11.1. The second-order valence-electron chi connectivity index (χ2n) is 3.98. The first-order valence-electron chi connectivity index (χ1n) is 5.31. The average Bonchev–Trinajstić information content (AvgIpc) is 2.76. The maximum Gasteiger partial charge on any atom is 0.133 e. The van der Waals surface area contributed by atoms with Gasteiger partial charge in [0.25, 0.3) is 0 Å². The normalized spacial score (nSPS) is 21.8. The third-order valence-electron chi connectivity index (χ3n) is 2.96. The van der Waals surface area contributed by atoms with Crippen LogP contribution >= 0.6 is 0 Å². The molecule has 1 heterocycles. The number of nitrogens with zero attached hydrogens (tertiary/aromatic N) is 2. The van der Waals surface area contributed by atoms with Gasteiger partial charge in [-0.1, -0.05) is 0 Å². The minimum atomic E-state index is 0.421. The summed E-state index contributed by atoms with van der Waals surface area (Å²) < 4.78 is 2.16. The van der Waals surface area contributed by atoms with Crippen LogP contribution in [0.1, 0.15) is 32.0 Å². The van der Waals surface area contributed by atoms with Crippen LogP contribution in [0, 0.1) is 5.92 Å². The van der Waals surface area contributed by atoms with Crippen molar-refractivity contribution in [2.75, 3.05) is 0 Å². The van der Waals surface area contributed by atoms with Crippen LogP contribution in [0.4, 0.5) is 0 Å². The van der Waals surface area contributed by atoms with Crippen LogP contribution in [0.3, 0.4) is 0 Å². The van der Waals surface area contributed by atoms with Crippen LogP contribution in [0.25, 0.3) is 0 Å². The number of aryl methyl sites for hydroxylation is 1. The van der Waals surface area contributed by atoms with Crippen molar-refractivity contribution < 1.29 is 4.79 Å². The molecule has 1 unspecified atom stereocenters. The van der Waals surface area contributed by atoms with E-state index in [1.54, 1.807) is 0 Å². The van der Waals surface area contributed by atoms with Crippen LogP contribution in [-0.4, -0.2) is 15.3 Å². The summed E-state index contributed by atoms with van der Waals surface area (Å²) in [6.45, 7) is 3.08. The van der Waals surface area contributed by atoms with E-state index < -0.39 is 0 Å². The molecule has 1 atom stereocenters. The standard InChI is InChI=1S/C11H16N2O/c1-2-13-6-5-12-11(13)8-9-3-4-10(14)7-9/h5-6,9H,2-4,7-8H2,1H3. The first kappa shape index (κ1) is 9.44. The summed E-state index contributed by atoms with van der Waals surface area (Å²) >= 11 is 0. The van der Waals surface area contributed by atoms with Gasteiger partial charge in [0.15, 0.2) is 0 Å². The third kappa shape index (κ3) is 1.86. The predicted molar refractivity (Wildman–Crippen MR) is 54.0 cm³/mol. The highest BCUT2D eigenvalue weighted by Gasteiger charge is 2.23. The molecular weight excluding hydrogens is 176 g/mol. The van der Waals surface area contributed by atoms with Gasteiger partial charge in [-0.2, -0.15) is 0 Å². The van der Waals surface area contributed by atoms with Gasteiger partial charge in [0.2, 0.25) is 0 Å². The first-order valence-corrected chi connectivity index (χ1v) is 5.31. The molecule has 1 saturated carbocycles. The number of ketones is 1. The van der Waals surface area contributed by atoms with Gasteiger partial charge in [-0.25, -0.2) is 4.98 Å². The Morgan fingerprint density at radius 2 is 2.50 bits per heavy atom. The second kappa shape index (κ2) is 3.95. The molecule has 1 aliphatic carbocycles. The fourth-order valence-corrected chi connectivity index (χ4v) is 2.14. The zero-order valence-electron chi connectivity index (χ0n) is 8.57. The lowest BCUT2D eigenvalue weighted by molar-refractivity contribution is -0.117. The molecule has 76 valence electrons. The molecule has 3 nitrogen and oxygen atoms in total. The highest BCUT2D eigenvalue weighted by molar-refractivity contribution is 5.80. The molecule has 14 heavy (non-hydrogen) atoms. The zero-order chi connectivity index (χ0) is 9.97. The Morgan fingerprint density at radius 3 is 3.14 bits per heavy atom. The topological polar surface area (TPSA) is 34.9 Å². The highest BCUT2D eigenvalue weighted by atomic mass is 16.1. The molecule has 0 radical (unpaired) electrons. The number of hydrogen-bond donors (Lipinski definition) is 0. The average molecular weight is 192 g/mol. The number of Topliss-reactive ketones (excluding diaryl/α,β-unsaturated/α-hetero) is 1. The van der Waals surface area contributed by atoms with E-state index in [1.165, 1.54) is 0 Å². The van der Waals surface area contributed by atoms with E-state index in [1.807, 2.05) is 12.4 Å². The van der Waals surface area contributed by atoms with Gasteiger partial charge in [0, 0.05) is 38.2 Å². The molecule has 1 aromatic heterocycles. The van der Waals surface area contributed by atoms with Crippen molar-refractivity contribution in [3.05, 3.63) is 18.2 Å². The molecule has 1 aliphatic rings. The Labute approximate surface area is 84.1 Å². The lowest BCUT2D eigenvalue weighted by Gasteiger charge is -2.08. The van der Waals surface area contributed by atoms with E-state index in [0.717, 1.165) is 38.1 Å². The molecule has 0 bridgehead atoms. The monoisotopic (exact) mass is 192 g/mol. The molecule has 0 spiro atoms. The number of rotatable bonds is 3. The van der Waals surface area contributed by atoms with Gasteiger partial charge in [-0.15, -0.1) is 0 Å². The number of carbonyl (C=O) groups is 1. The van der Waals surface area contributed by atoms with Crippen molar-refractivity contribution in [3.8, 4) is 0 Å². The van der Waals surface area contributed by atoms with Gasteiger partial charge in [0.1, 0.15) is 11.6 Å². The Morgan fingerprint density at radius 1 is 1.64 bits per heavy atom. The van der Waals surface area contributed by atoms with Crippen molar-refractivity contribution in [3.63, 3.8) is 0 Å². The molecular formula is C11H16N2O.